The summed E-state index contributed by atoms with van der Waals surface area (Å²) in [4.78, 5) is 12.4. The first kappa shape index (κ1) is 15.0. The Labute approximate surface area is 141 Å². The van der Waals surface area contributed by atoms with Gasteiger partial charge in [0.25, 0.3) is 5.91 Å². The maximum atomic E-state index is 12.4. The minimum absolute atomic E-state index is 0.225. The fraction of sp³-hybridized carbons (Fsp3) is 0.188. The summed E-state index contributed by atoms with van der Waals surface area (Å²) in [5.74, 6) is 1.33. The zero-order valence-corrected chi connectivity index (χ0v) is 14.0. The number of rotatable bonds is 3. The first-order chi connectivity index (χ1) is 10.7. The maximum absolute atomic E-state index is 12.4. The summed E-state index contributed by atoms with van der Waals surface area (Å²) in [5.41, 5.74) is 1.20. The molecular weight excluding hydrogens is 397 g/mol. The van der Waals surface area contributed by atoms with Crippen molar-refractivity contribution in [3.8, 4) is 17.2 Å². The van der Waals surface area contributed by atoms with Crippen LogP contribution in [0.15, 0.2) is 36.4 Å². The molecule has 0 fully saturated rings. The largest absolute Gasteiger partial charge is 0.493 e. The number of hydrogen-bond donors (Lipinski definition) is 1. The average Bonchev–Trinajstić information content (AvgIpc) is 2.53. The van der Waals surface area contributed by atoms with Gasteiger partial charge < -0.3 is 19.5 Å². The number of benzene rings is 2. The Morgan fingerprint density at radius 3 is 2.82 bits per heavy atom. The molecule has 0 saturated heterocycles. The number of nitrogens with one attached hydrogen (secondary N) is 1. The van der Waals surface area contributed by atoms with Crippen molar-refractivity contribution in [1.29, 1.82) is 0 Å². The molecule has 0 atom stereocenters. The highest BCUT2D eigenvalue weighted by molar-refractivity contribution is 14.1. The van der Waals surface area contributed by atoms with Crippen LogP contribution in [-0.4, -0.2) is 26.2 Å². The lowest BCUT2D eigenvalue weighted by atomic mass is 10.1. The molecule has 1 heterocycles. The van der Waals surface area contributed by atoms with E-state index in [1.807, 2.05) is 24.3 Å². The number of carbonyl (C=O) groups excluding carboxylic acids is 1. The van der Waals surface area contributed by atoms with E-state index in [2.05, 4.69) is 27.9 Å². The summed E-state index contributed by atoms with van der Waals surface area (Å²) in [6.45, 7) is 0.926. The van der Waals surface area contributed by atoms with Crippen LogP contribution in [0.5, 0.6) is 17.2 Å². The van der Waals surface area contributed by atoms with Crippen molar-refractivity contribution in [3.05, 3.63) is 45.5 Å². The van der Waals surface area contributed by atoms with Gasteiger partial charge in [-0.1, -0.05) is 6.07 Å². The van der Waals surface area contributed by atoms with E-state index in [4.69, 9.17) is 14.2 Å². The molecule has 1 aliphatic rings. The van der Waals surface area contributed by atoms with Gasteiger partial charge in [-0.25, -0.2) is 0 Å². The van der Waals surface area contributed by atoms with Crippen molar-refractivity contribution in [2.45, 2.75) is 0 Å². The molecule has 1 N–H and O–H groups in total. The van der Waals surface area contributed by atoms with Crippen LogP contribution < -0.4 is 19.5 Å². The highest BCUT2D eigenvalue weighted by Gasteiger charge is 2.20. The van der Waals surface area contributed by atoms with Crippen LogP contribution in [0.4, 0.5) is 5.69 Å². The molecule has 0 spiro atoms. The molecule has 22 heavy (non-hydrogen) atoms. The minimum atomic E-state index is -0.225. The third-order valence-corrected chi connectivity index (χ3v) is 3.84. The van der Waals surface area contributed by atoms with Crippen LogP contribution in [0.3, 0.4) is 0 Å². The highest BCUT2D eigenvalue weighted by atomic mass is 127. The van der Waals surface area contributed by atoms with Gasteiger partial charge >= 0.3 is 0 Å². The molecule has 0 unspecified atom stereocenters. The topological polar surface area (TPSA) is 56.8 Å². The van der Waals surface area contributed by atoms with Crippen molar-refractivity contribution in [1.82, 2.24) is 0 Å². The monoisotopic (exact) mass is 411 g/mol. The number of fused-ring (bicyclic) bond motifs is 1. The lowest BCUT2D eigenvalue weighted by Crippen LogP contribution is -2.18. The van der Waals surface area contributed by atoms with Crippen LogP contribution in [0, 0.1) is 3.57 Å². The van der Waals surface area contributed by atoms with E-state index in [1.54, 1.807) is 12.1 Å². The molecule has 0 aliphatic carbocycles. The highest BCUT2D eigenvalue weighted by Crippen LogP contribution is 2.40. The first-order valence-electron chi connectivity index (χ1n) is 6.72. The molecule has 5 nitrogen and oxygen atoms in total. The summed E-state index contributed by atoms with van der Waals surface area (Å²) >= 11 is 2.20. The number of amides is 1. The lowest BCUT2D eigenvalue weighted by Gasteiger charge is -2.21. The quantitative estimate of drug-likeness (QED) is 0.788. The normalized spacial score (nSPS) is 12.6. The van der Waals surface area contributed by atoms with Crippen molar-refractivity contribution in [2.24, 2.45) is 0 Å². The van der Waals surface area contributed by atoms with Gasteiger partial charge in [0.05, 0.1) is 7.11 Å². The summed E-state index contributed by atoms with van der Waals surface area (Å²) in [6.07, 6.45) is 0. The molecule has 0 radical (unpaired) electrons. The van der Waals surface area contributed by atoms with Crippen LogP contribution >= 0.6 is 22.6 Å². The average molecular weight is 411 g/mol. The van der Waals surface area contributed by atoms with E-state index < -0.39 is 0 Å². The second-order valence-corrected chi connectivity index (χ2v) is 5.91. The Bertz CT molecular complexity index is 700. The summed E-state index contributed by atoms with van der Waals surface area (Å²) in [5, 5.41) is 2.86. The zero-order valence-electron chi connectivity index (χ0n) is 11.9. The van der Waals surface area contributed by atoms with Gasteiger partial charge in [0, 0.05) is 14.8 Å². The van der Waals surface area contributed by atoms with Crippen molar-refractivity contribution in [3.63, 3.8) is 0 Å². The molecule has 2 aromatic rings. The second kappa shape index (κ2) is 6.43. The Morgan fingerprint density at radius 1 is 1.23 bits per heavy atom. The molecule has 6 heteroatoms. The summed E-state index contributed by atoms with van der Waals surface area (Å²) in [6, 6.07) is 10.9. The van der Waals surface area contributed by atoms with Gasteiger partial charge in [0.15, 0.2) is 11.5 Å². The van der Waals surface area contributed by atoms with Gasteiger partial charge in [0.2, 0.25) is 5.75 Å². The van der Waals surface area contributed by atoms with Gasteiger partial charge in [-0.3, -0.25) is 4.79 Å². The molecule has 0 saturated carbocycles. The Morgan fingerprint density at radius 2 is 2.05 bits per heavy atom. The first-order valence-corrected chi connectivity index (χ1v) is 7.80. The smallest absolute Gasteiger partial charge is 0.255 e. The number of halogens is 1. The Hall–Kier alpha value is -1.96. The van der Waals surface area contributed by atoms with E-state index in [-0.39, 0.29) is 5.91 Å². The van der Waals surface area contributed by atoms with E-state index in [0.717, 1.165) is 9.26 Å². The number of methoxy groups -OCH3 is 1. The molecule has 1 aliphatic heterocycles. The molecular formula is C16H14INO4. The van der Waals surface area contributed by atoms with Crippen LogP contribution in [0.25, 0.3) is 0 Å². The van der Waals surface area contributed by atoms with Crippen molar-refractivity contribution >= 4 is 34.2 Å². The van der Waals surface area contributed by atoms with Crippen LogP contribution in [0.2, 0.25) is 0 Å². The summed E-state index contributed by atoms with van der Waals surface area (Å²) in [7, 11) is 1.54. The van der Waals surface area contributed by atoms with Gasteiger partial charge in [0.1, 0.15) is 13.2 Å². The number of anilines is 1. The fourth-order valence-electron chi connectivity index (χ4n) is 2.17. The van der Waals surface area contributed by atoms with Crippen molar-refractivity contribution < 1.29 is 19.0 Å². The third-order valence-electron chi connectivity index (χ3n) is 3.17. The van der Waals surface area contributed by atoms with E-state index >= 15 is 0 Å². The molecule has 0 aromatic heterocycles. The Balaban J connectivity index is 1.89. The molecule has 1 amide bonds. The van der Waals surface area contributed by atoms with Crippen LogP contribution in [0.1, 0.15) is 10.4 Å². The van der Waals surface area contributed by atoms with E-state index in [9.17, 15) is 4.79 Å². The fourth-order valence-corrected chi connectivity index (χ4v) is 2.72. The van der Waals surface area contributed by atoms with Gasteiger partial charge in [-0.15, -0.1) is 0 Å². The van der Waals surface area contributed by atoms with Gasteiger partial charge in [-0.2, -0.15) is 0 Å². The SMILES string of the molecule is COc1cc(C(=O)Nc2cccc(I)c2)cc2c1OCCO2. The predicted molar refractivity (Wildman–Crippen MR) is 91.1 cm³/mol. The molecule has 0 bridgehead atoms. The van der Waals surface area contributed by atoms with E-state index in [1.165, 1.54) is 7.11 Å². The maximum Gasteiger partial charge on any atom is 0.255 e. The Kier molecular flexibility index (Phi) is 4.37. The molecule has 114 valence electrons. The number of carbonyl (C=O) groups is 1. The van der Waals surface area contributed by atoms with Gasteiger partial charge in [-0.05, 0) is 52.9 Å². The standard InChI is InChI=1S/C16H14INO4/c1-20-13-7-10(8-14-15(13)22-6-5-21-14)16(19)18-12-4-2-3-11(17)9-12/h2-4,7-9H,5-6H2,1H3,(H,18,19). The second-order valence-electron chi connectivity index (χ2n) is 4.67. The van der Waals surface area contributed by atoms with Crippen LogP contribution in [-0.2, 0) is 0 Å². The zero-order chi connectivity index (χ0) is 15.5. The number of hydrogen-bond acceptors (Lipinski definition) is 4. The van der Waals surface area contributed by atoms with E-state index in [0.29, 0.717) is 36.0 Å². The molecule has 2 aromatic carbocycles. The minimum Gasteiger partial charge on any atom is -0.493 e. The summed E-state index contributed by atoms with van der Waals surface area (Å²) < 4.78 is 17.4. The number of ether oxygens (including phenoxy) is 3. The lowest BCUT2D eigenvalue weighted by molar-refractivity contribution is 0.102. The predicted octanol–water partition coefficient (Wildman–Crippen LogP) is 3.32. The molecule has 3 rings (SSSR count). The van der Waals surface area contributed by atoms with Crippen molar-refractivity contribution in [2.75, 3.05) is 25.6 Å². The third kappa shape index (κ3) is 3.11.